The molecule has 1 fully saturated rings. The smallest absolute Gasteiger partial charge is 0.264 e. The molecular formula is C27H20Cl2FN3O2S. The average Bonchev–Trinajstić information content (AvgIpc) is 3.18. The van der Waals surface area contributed by atoms with E-state index in [0.29, 0.717) is 34.3 Å². The summed E-state index contributed by atoms with van der Waals surface area (Å²) in [5.74, 6) is -1.38. The number of amides is 2. The third-order valence-electron chi connectivity index (χ3n) is 5.55. The summed E-state index contributed by atoms with van der Waals surface area (Å²) in [5, 5.41) is 13.1. The normalized spacial score (nSPS) is 16.6. The Morgan fingerprint density at radius 1 is 1.08 bits per heavy atom. The van der Waals surface area contributed by atoms with Crippen LogP contribution >= 0.6 is 35.0 Å². The second-order valence-corrected chi connectivity index (χ2v) is 10.0. The standard InChI is InChI=1S/C27H20Cl2FN3O2S/c28-19-7-6-18(23(29)15-19)14-24-26(35)33(21-10-8-20(30)9-11-21)27(36-24)22(16-31)25(34)32-13-12-17-4-2-1-3-5-17/h1-11,15,24H,12-14H2,(H,32,34)/b27-22-/t24-/m1/s1. The van der Waals surface area contributed by atoms with Crippen molar-refractivity contribution in [2.45, 2.75) is 18.1 Å². The van der Waals surface area contributed by atoms with Crippen molar-refractivity contribution in [3.8, 4) is 6.07 Å². The van der Waals surface area contributed by atoms with E-state index in [9.17, 15) is 19.2 Å². The Morgan fingerprint density at radius 2 is 1.81 bits per heavy atom. The van der Waals surface area contributed by atoms with Crippen LogP contribution in [0.3, 0.4) is 0 Å². The monoisotopic (exact) mass is 539 g/mol. The molecule has 0 saturated carbocycles. The van der Waals surface area contributed by atoms with Crippen LogP contribution < -0.4 is 10.2 Å². The molecule has 1 atom stereocenters. The molecule has 0 bridgehead atoms. The number of rotatable bonds is 7. The van der Waals surface area contributed by atoms with Gasteiger partial charge in [-0.1, -0.05) is 71.4 Å². The molecule has 3 aromatic rings. The van der Waals surface area contributed by atoms with Gasteiger partial charge in [-0.25, -0.2) is 4.39 Å². The molecule has 4 rings (SSSR count). The molecule has 1 heterocycles. The highest BCUT2D eigenvalue weighted by Gasteiger charge is 2.41. The zero-order chi connectivity index (χ0) is 25.7. The molecular weight excluding hydrogens is 520 g/mol. The van der Waals surface area contributed by atoms with Gasteiger partial charge in [0.2, 0.25) is 5.91 Å². The highest BCUT2D eigenvalue weighted by atomic mass is 35.5. The number of thioether (sulfide) groups is 1. The largest absolute Gasteiger partial charge is 0.351 e. The fourth-order valence-corrected chi connectivity index (χ4v) is 5.53. The van der Waals surface area contributed by atoms with Crippen LogP contribution in [0.25, 0.3) is 0 Å². The number of anilines is 1. The maximum atomic E-state index is 13.6. The van der Waals surface area contributed by atoms with Crippen LogP contribution in [-0.4, -0.2) is 23.6 Å². The molecule has 1 N–H and O–H groups in total. The first-order chi connectivity index (χ1) is 17.4. The lowest BCUT2D eigenvalue weighted by atomic mass is 10.1. The first kappa shape index (κ1) is 25.8. The number of hydrogen-bond acceptors (Lipinski definition) is 4. The molecule has 182 valence electrons. The predicted molar refractivity (Wildman–Crippen MR) is 141 cm³/mol. The van der Waals surface area contributed by atoms with Crippen molar-refractivity contribution in [3.05, 3.63) is 110 Å². The molecule has 0 aliphatic carbocycles. The summed E-state index contributed by atoms with van der Waals surface area (Å²) in [6.07, 6.45) is 0.848. The summed E-state index contributed by atoms with van der Waals surface area (Å²) in [5.41, 5.74) is 1.93. The maximum absolute atomic E-state index is 13.6. The molecule has 0 unspecified atom stereocenters. The van der Waals surface area contributed by atoms with Crippen molar-refractivity contribution in [2.75, 3.05) is 11.4 Å². The summed E-state index contributed by atoms with van der Waals surface area (Å²) < 4.78 is 13.6. The Kier molecular flexibility index (Phi) is 8.32. The van der Waals surface area contributed by atoms with Gasteiger partial charge in [0.1, 0.15) is 22.5 Å². The van der Waals surface area contributed by atoms with Gasteiger partial charge in [-0.2, -0.15) is 5.26 Å². The van der Waals surface area contributed by atoms with E-state index in [-0.39, 0.29) is 22.9 Å². The summed E-state index contributed by atoms with van der Waals surface area (Å²) in [6.45, 7) is 0.320. The van der Waals surface area contributed by atoms with Gasteiger partial charge in [-0.05, 0) is 60.4 Å². The number of nitrogens with one attached hydrogen (secondary N) is 1. The molecule has 1 saturated heterocycles. The van der Waals surface area contributed by atoms with E-state index < -0.39 is 17.0 Å². The van der Waals surface area contributed by atoms with Gasteiger partial charge in [-0.15, -0.1) is 0 Å². The fourth-order valence-electron chi connectivity index (χ4n) is 3.75. The first-order valence-electron chi connectivity index (χ1n) is 11.0. The minimum Gasteiger partial charge on any atom is -0.351 e. The lowest BCUT2D eigenvalue weighted by Gasteiger charge is -2.18. The predicted octanol–water partition coefficient (Wildman–Crippen LogP) is 5.92. The molecule has 1 aliphatic rings. The second kappa shape index (κ2) is 11.6. The second-order valence-electron chi connectivity index (χ2n) is 7.98. The number of carbonyl (C=O) groups is 2. The topological polar surface area (TPSA) is 73.2 Å². The first-order valence-corrected chi connectivity index (χ1v) is 12.7. The molecule has 36 heavy (non-hydrogen) atoms. The number of nitriles is 1. The van der Waals surface area contributed by atoms with Crippen molar-refractivity contribution in [3.63, 3.8) is 0 Å². The zero-order valence-corrected chi connectivity index (χ0v) is 21.2. The lowest BCUT2D eigenvalue weighted by molar-refractivity contribution is -0.117. The van der Waals surface area contributed by atoms with E-state index in [0.717, 1.165) is 17.3 Å². The molecule has 0 radical (unpaired) electrons. The van der Waals surface area contributed by atoms with Crippen LogP contribution in [0.1, 0.15) is 11.1 Å². The van der Waals surface area contributed by atoms with Gasteiger partial charge in [-0.3, -0.25) is 14.5 Å². The zero-order valence-electron chi connectivity index (χ0n) is 18.9. The fraction of sp³-hybridized carbons (Fsp3) is 0.148. The number of carbonyl (C=O) groups excluding carboxylic acids is 2. The minimum absolute atomic E-state index is 0.185. The van der Waals surface area contributed by atoms with E-state index >= 15 is 0 Å². The number of halogens is 3. The van der Waals surface area contributed by atoms with Crippen molar-refractivity contribution < 1.29 is 14.0 Å². The van der Waals surface area contributed by atoms with Crippen LogP contribution in [0, 0.1) is 17.1 Å². The van der Waals surface area contributed by atoms with E-state index in [1.165, 1.54) is 29.2 Å². The van der Waals surface area contributed by atoms with Crippen LogP contribution in [0.5, 0.6) is 0 Å². The molecule has 2 amide bonds. The van der Waals surface area contributed by atoms with Crippen LogP contribution in [-0.2, 0) is 22.4 Å². The quantitative estimate of drug-likeness (QED) is 0.299. The Labute approximate surface area is 222 Å². The minimum atomic E-state index is -0.649. The van der Waals surface area contributed by atoms with Crippen LogP contribution in [0.15, 0.2) is 83.4 Å². The summed E-state index contributed by atoms with van der Waals surface area (Å²) in [4.78, 5) is 27.8. The van der Waals surface area contributed by atoms with E-state index in [1.807, 2.05) is 36.4 Å². The summed E-state index contributed by atoms with van der Waals surface area (Å²) in [7, 11) is 0. The van der Waals surface area contributed by atoms with Gasteiger partial charge in [0.15, 0.2) is 0 Å². The van der Waals surface area contributed by atoms with Gasteiger partial charge < -0.3 is 5.32 Å². The number of hydrogen-bond donors (Lipinski definition) is 1. The average molecular weight is 540 g/mol. The van der Waals surface area contributed by atoms with Crippen molar-refractivity contribution in [1.29, 1.82) is 5.26 Å². The Morgan fingerprint density at radius 3 is 2.47 bits per heavy atom. The molecule has 3 aromatic carbocycles. The number of benzene rings is 3. The van der Waals surface area contributed by atoms with Gasteiger partial charge >= 0.3 is 0 Å². The van der Waals surface area contributed by atoms with E-state index in [2.05, 4.69) is 5.32 Å². The van der Waals surface area contributed by atoms with Crippen molar-refractivity contribution >= 4 is 52.5 Å². The Bertz CT molecular complexity index is 1360. The maximum Gasteiger partial charge on any atom is 0.264 e. The molecule has 1 aliphatic heterocycles. The third kappa shape index (κ3) is 5.90. The van der Waals surface area contributed by atoms with Gasteiger partial charge in [0.05, 0.1) is 5.25 Å². The van der Waals surface area contributed by atoms with Crippen LogP contribution in [0.2, 0.25) is 10.0 Å². The van der Waals surface area contributed by atoms with Crippen molar-refractivity contribution in [2.24, 2.45) is 0 Å². The Balaban J connectivity index is 1.63. The van der Waals surface area contributed by atoms with Crippen LogP contribution in [0.4, 0.5) is 10.1 Å². The van der Waals surface area contributed by atoms with E-state index in [1.54, 1.807) is 18.2 Å². The SMILES string of the molecule is N#C/C(C(=O)NCCc1ccccc1)=C1/S[C@H](Cc2ccc(Cl)cc2Cl)C(=O)N1c1ccc(F)cc1. The third-order valence-corrected chi connectivity index (χ3v) is 7.40. The van der Waals surface area contributed by atoms with Gasteiger partial charge in [0, 0.05) is 22.3 Å². The number of nitrogens with zero attached hydrogens (tertiary/aromatic N) is 2. The summed E-state index contributed by atoms with van der Waals surface area (Å²) >= 11 is 13.4. The highest BCUT2D eigenvalue weighted by molar-refractivity contribution is 8.05. The van der Waals surface area contributed by atoms with Crippen molar-refractivity contribution in [1.82, 2.24) is 5.32 Å². The molecule has 9 heteroatoms. The molecule has 0 aromatic heterocycles. The highest BCUT2D eigenvalue weighted by Crippen LogP contribution is 2.42. The van der Waals surface area contributed by atoms with Gasteiger partial charge in [0.25, 0.3) is 5.91 Å². The lowest BCUT2D eigenvalue weighted by Crippen LogP contribution is -2.32. The summed E-state index contributed by atoms with van der Waals surface area (Å²) in [6, 6.07) is 21.9. The Hall–Kier alpha value is -3.31. The molecule has 5 nitrogen and oxygen atoms in total. The van der Waals surface area contributed by atoms with E-state index in [4.69, 9.17) is 23.2 Å². The molecule has 0 spiro atoms.